The lowest BCUT2D eigenvalue weighted by Crippen LogP contribution is -2.17. The van der Waals surface area contributed by atoms with Crippen molar-refractivity contribution >= 4 is 28.2 Å². The number of anilines is 1. The number of carbonyl (C=O) groups is 2. The van der Waals surface area contributed by atoms with E-state index in [-0.39, 0.29) is 11.9 Å². The predicted molar refractivity (Wildman–Crippen MR) is 105 cm³/mol. The van der Waals surface area contributed by atoms with Crippen molar-refractivity contribution in [1.82, 2.24) is 0 Å². The molecule has 3 rings (SSSR count). The Hall–Kier alpha value is -2.14. The number of hydrogen-bond donors (Lipinski definition) is 1. The minimum Gasteiger partial charge on any atom is -0.465 e. The van der Waals surface area contributed by atoms with E-state index in [0.717, 1.165) is 36.0 Å². The topological polar surface area (TPSA) is 55.4 Å². The van der Waals surface area contributed by atoms with Crippen LogP contribution in [-0.4, -0.2) is 19.0 Å². The van der Waals surface area contributed by atoms with Crippen LogP contribution >= 0.6 is 11.3 Å². The lowest BCUT2D eigenvalue weighted by Gasteiger charge is -2.18. The zero-order chi connectivity index (χ0) is 18.8. The summed E-state index contributed by atoms with van der Waals surface area (Å²) in [6.07, 6.45) is 3.18. The molecule has 1 aromatic heterocycles. The molecule has 1 amide bonds. The maximum atomic E-state index is 12.6. The quantitative estimate of drug-likeness (QED) is 0.808. The molecular formula is C21H25NO3S. The van der Waals surface area contributed by atoms with Crippen molar-refractivity contribution in [3.05, 3.63) is 50.9 Å². The highest BCUT2D eigenvalue weighted by molar-refractivity contribution is 7.17. The largest absolute Gasteiger partial charge is 0.465 e. The van der Waals surface area contributed by atoms with Crippen LogP contribution in [0.2, 0.25) is 0 Å². The average Bonchev–Trinajstić information content (AvgIpc) is 2.93. The number of methoxy groups -OCH3 is 1. The number of hydrogen-bond acceptors (Lipinski definition) is 4. The predicted octanol–water partition coefficient (Wildman–Crippen LogP) is 4.46. The fourth-order valence-corrected chi connectivity index (χ4v) is 4.96. The van der Waals surface area contributed by atoms with Crippen molar-refractivity contribution in [3.63, 3.8) is 0 Å². The SMILES string of the molecule is COC(=O)c1c(NC(=O)Cc2ccc(C)cc2C)sc2c1CC[C@@H](C)C2. The molecule has 1 aromatic carbocycles. The zero-order valence-corrected chi connectivity index (χ0v) is 16.6. The van der Waals surface area contributed by atoms with Crippen molar-refractivity contribution < 1.29 is 14.3 Å². The third-order valence-corrected chi connectivity index (χ3v) is 6.17. The molecular weight excluding hydrogens is 346 g/mol. The highest BCUT2D eigenvalue weighted by atomic mass is 32.1. The van der Waals surface area contributed by atoms with E-state index in [9.17, 15) is 9.59 Å². The zero-order valence-electron chi connectivity index (χ0n) is 15.8. The van der Waals surface area contributed by atoms with E-state index in [2.05, 4.69) is 18.3 Å². The molecule has 0 saturated carbocycles. The van der Waals surface area contributed by atoms with E-state index in [1.54, 1.807) is 0 Å². The summed E-state index contributed by atoms with van der Waals surface area (Å²) in [7, 11) is 1.39. The van der Waals surface area contributed by atoms with Gasteiger partial charge in [0, 0.05) is 4.88 Å². The molecule has 0 aliphatic heterocycles. The van der Waals surface area contributed by atoms with E-state index in [4.69, 9.17) is 4.74 Å². The van der Waals surface area contributed by atoms with Gasteiger partial charge in [0.15, 0.2) is 0 Å². The van der Waals surface area contributed by atoms with E-state index in [0.29, 0.717) is 22.9 Å². The summed E-state index contributed by atoms with van der Waals surface area (Å²) >= 11 is 1.52. The molecule has 1 N–H and O–H groups in total. The molecule has 26 heavy (non-hydrogen) atoms. The van der Waals surface area contributed by atoms with Crippen LogP contribution in [0.5, 0.6) is 0 Å². The number of thiophene rings is 1. The molecule has 1 aliphatic carbocycles. The van der Waals surface area contributed by atoms with Crippen molar-refractivity contribution in [2.24, 2.45) is 5.92 Å². The highest BCUT2D eigenvalue weighted by Gasteiger charge is 2.28. The molecule has 5 heteroatoms. The molecule has 0 unspecified atom stereocenters. The van der Waals surface area contributed by atoms with Gasteiger partial charge in [0.05, 0.1) is 19.1 Å². The Balaban J connectivity index is 1.84. The Morgan fingerprint density at radius 2 is 2.08 bits per heavy atom. The van der Waals surface area contributed by atoms with E-state index >= 15 is 0 Å². The first-order valence-electron chi connectivity index (χ1n) is 8.97. The van der Waals surface area contributed by atoms with Crippen LogP contribution in [0, 0.1) is 19.8 Å². The molecule has 4 nitrogen and oxygen atoms in total. The average molecular weight is 372 g/mol. The van der Waals surface area contributed by atoms with Crippen molar-refractivity contribution in [3.8, 4) is 0 Å². The Morgan fingerprint density at radius 3 is 2.77 bits per heavy atom. The number of rotatable bonds is 4. The molecule has 1 aliphatic rings. The third-order valence-electron chi connectivity index (χ3n) is 5.00. The van der Waals surface area contributed by atoms with Crippen LogP contribution in [0.1, 0.15) is 50.8 Å². The summed E-state index contributed by atoms with van der Waals surface area (Å²) in [5.74, 6) is 0.137. The number of nitrogens with one attached hydrogen (secondary N) is 1. The van der Waals surface area contributed by atoms with Gasteiger partial charge in [-0.1, -0.05) is 30.7 Å². The molecule has 0 bridgehead atoms. The Kier molecular flexibility index (Phi) is 5.47. The standard InChI is InChI=1S/C21H25NO3S/c1-12-5-7-15(14(3)9-12)11-18(23)22-20-19(21(24)25-4)16-8-6-13(2)10-17(16)26-20/h5,7,9,13H,6,8,10-11H2,1-4H3,(H,22,23)/t13-/m1/s1. The Labute approximate surface area is 158 Å². The van der Waals surface area contributed by atoms with Gasteiger partial charge in [-0.25, -0.2) is 4.79 Å². The molecule has 0 saturated heterocycles. The highest BCUT2D eigenvalue weighted by Crippen LogP contribution is 2.40. The van der Waals surface area contributed by atoms with Gasteiger partial charge in [0.2, 0.25) is 5.91 Å². The summed E-state index contributed by atoms with van der Waals surface area (Å²) in [6, 6.07) is 6.08. The number of aryl methyl sites for hydroxylation is 2. The first kappa shape index (κ1) is 18.6. The van der Waals surface area contributed by atoms with Gasteiger partial charge in [-0.05, 0) is 55.7 Å². The van der Waals surface area contributed by atoms with Crippen LogP contribution in [0.3, 0.4) is 0 Å². The monoisotopic (exact) mass is 371 g/mol. The second kappa shape index (κ2) is 7.62. The molecule has 2 aromatic rings. The lowest BCUT2D eigenvalue weighted by atomic mass is 9.88. The maximum Gasteiger partial charge on any atom is 0.341 e. The summed E-state index contributed by atoms with van der Waals surface area (Å²) in [5.41, 5.74) is 4.89. The van der Waals surface area contributed by atoms with Crippen molar-refractivity contribution in [1.29, 1.82) is 0 Å². The van der Waals surface area contributed by atoms with E-state index in [1.807, 2.05) is 26.0 Å². The van der Waals surface area contributed by atoms with Gasteiger partial charge < -0.3 is 10.1 Å². The van der Waals surface area contributed by atoms with Gasteiger partial charge in [-0.15, -0.1) is 11.3 Å². The fraction of sp³-hybridized carbons (Fsp3) is 0.429. The number of fused-ring (bicyclic) bond motifs is 1. The van der Waals surface area contributed by atoms with Crippen LogP contribution in [0.4, 0.5) is 5.00 Å². The van der Waals surface area contributed by atoms with Crippen LogP contribution in [0.15, 0.2) is 18.2 Å². The number of benzene rings is 1. The molecule has 1 heterocycles. The van der Waals surface area contributed by atoms with Crippen molar-refractivity contribution in [2.75, 3.05) is 12.4 Å². The third kappa shape index (κ3) is 3.83. The Bertz CT molecular complexity index is 853. The van der Waals surface area contributed by atoms with Crippen LogP contribution in [0.25, 0.3) is 0 Å². The first-order valence-corrected chi connectivity index (χ1v) is 9.79. The summed E-state index contributed by atoms with van der Waals surface area (Å²) < 4.78 is 4.98. The molecule has 0 fully saturated rings. The Morgan fingerprint density at radius 1 is 1.31 bits per heavy atom. The molecule has 0 spiro atoms. The first-order chi connectivity index (χ1) is 12.4. The molecule has 1 atom stereocenters. The van der Waals surface area contributed by atoms with Gasteiger partial charge >= 0.3 is 5.97 Å². The summed E-state index contributed by atoms with van der Waals surface area (Å²) in [5, 5.41) is 3.60. The van der Waals surface area contributed by atoms with Crippen LogP contribution in [-0.2, 0) is 28.8 Å². The van der Waals surface area contributed by atoms with Crippen LogP contribution < -0.4 is 5.32 Å². The smallest absolute Gasteiger partial charge is 0.341 e. The number of ether oxygens (including phenoxy) is 1. The molecule has 0 radical (unpaired) electrons. The van der Waals surface area contributed by atoms with E-state index < -0.39 is 0 Å². The van der Waals surface area contributed by atoms with Gasteiger partial charge in [-0.3, -0.25) is 4.79 Å². The van der Waals surface area contributed by atoms with Crippen molar-refractivity contribution in [2.45, 2.75) is 46.5 Å². The fourth-order valence-electron chi connectivity index (χ4n) is 3.54. The van der Waals surface area contributed by atoms with Gasteiger partial charge in [0.1, 0.15) is 5.00 Å². The summed E-state index contributed by atoms with van der Waals surface area (Å²) in [6.45, 7) is 6.27. The van der Waals surface area contributed by atoms with E-state index in [1.165, 1.54) is 28.9 Å². The molecule has 138 valence electrons. The van der Waals surface area contributed by atoms with Gasteiger partial charge in [0.25, 0.3) is 0 Å². The second-order valence-corrected chi connectivity index (χ2v) is 8.31. The maximum absolute atomic E-state index is 12.6. The minimum absolute atomic E-state index is 0.103. The number of amides is 1. The number of carbonyl (C=O) groups excluding carboxylic acids is 2. The number of esters is 1. The summed E-state index contributed by atoms with van der Waals surface area (Å²) in [4.78, 5) is 26.1. The minimum atomic E-state index is -0.362. The normalized spacial score (nSPS) is 16.1. The lowest BCUT2D eigenvalue weighted by molar-refractivity contribution is -0.115. The second-order valence-electron chi connectivity index (χ2n) is 7.20. The van der Waals surface area contributed by atoms with Gasteiger partial charge in [-0.2, -0.15) is 0 Å².